The van der Waals surface area contributed by atoms with Gasteiger partial charge < -0.3 is 4.74 Å². The normalized spacial score (nSPS) is 30.6. The zero-order valence-electron chi connectivity index (χ0n) is 10.5. The molecule has 3 heteroatoms. The highest BCUT2D eigenvalue weighted by Gasteiger charge is 2.39. The van der Waals surface area contributed by atoms with Crippen molar-refractivity contribution in [3.05, 3.63) is 16.1 Å². The molecule has 16 heavy (non-hydrogen) atoms. The summed E-state index contributed by atoms with van der Waals surface area (Å²) in [5, 5.41) is 1.19. The average Bonchev–Trinajstić information content (AvgIpc) is 2.66. The molecule has 2 unspecified atom stereocenters. The van der Waals surface area contributed by atoms with Gasteiger partial charge in [-0.1, -0.05) is 13.3 Å². The van der Waals surface area contributed by atoms with Gasteiger partial charge in [0.05, 0.1) is 0 Å². The molecule has 2 rings (SSSR count). The van der Waals surface area contributed by atoms with E-state index in [0.29, 0.717) is 0 Å². The predicted molar refractivity (Wildman–Crippen MR) is 67.8 cm³/mol. The Hall–Kier alpha value is -0.410. The molecule has 0 aliphatic heterocycles. The zero-order chi connectivity index (χ0) is 11.6. The summed E-state index contributed by atoms with van der Waals surface area (Å²) in [4.78, 5) is 5.84. The van der Waals surface area contributed by atoms with Crippen molar-refractivity contribution in [3.63, 3.8) is 0 Å². The summed E-state index contributed by atoms with van der Waals surface area (Å²) in [6.45, 7) is 7.31. The van der Waals surface area contributed by atoms with Crippen LogP contribution in [0.2, 0.25) is 0 Å². The lowest BCUT2D eigenvalue weighted by atomic mass is 9.79. The van der Waals surface area contributed by atoms with Gasteiger partial charge in [-0.25, -0.2) is 4.98 Å². The Balaban J connectivity index is 2.27. The van der Waals surface area contributed by atoms with Gasteiger partial charge in [0.1, 0.15) is 10.6 Å². The molecule has 1 aromatic rings. The fraction of sp³-hybridized carbons (Fsp3) is 0.769. The van der Waals surface area contributed by atoms with E-state index in [9.17, 15) is 0 Å². The smallest absolute Gasteiger partial charge is 0.125 e. The topological polar surface area (TPSA) is 22.1 Å². The predicted octanol–water partition coefficient (Wildman–Crippen LogP) is 3.89. The Morgan fingerprint density at radius 3 is 3.00 bits per heavy atom. The Kier molecular flexibility index (Phi) is 3.65. The van der Waals surface area contributed by atoms with Crippen LogP contribution in [0, 0.1) is 12.8 Å². The number of ether oxygens (including phenoxy) is 1. The molecule has 0 radical (unpaired) electrons. The summed E-state index contributed by atoms with van der Waals surface area (Å²) in [6.07, 6.45) is 6.84. The molecule has 0 saturated heterocycles. The van der Waals surface area contributed by atoms with Gasteiger partial charge in [0.15, 0.2) is 0 Å². The lowest BCUT2D eigenvalue weighted by Gasteiger charge is -2.38. The van der Waals surface area contributed by atoms with Gasteiger partial charge in [-0.2, -0.15) is 0 Å². The van der Waals surface area contributed by atoms with Gasteiger partial charge in [0.25, 0.3) is 0 Å². The number of rotatable bonds is 3. The van der Waals surface area contributed by atoms with E-state index in [1.807, 2.05) is 6.20 Å². The SMILES string of the molecule is CCOC1(c2ncc(C)s2)CCCC(C)C1. The van der Waals surface area contributed by atoms with Crippen molar-refractivity contribution in [2.24, 2.45) is 5.92 Å². The van der Waals surface area contributed by atoms with Crippen LogP contribution in [0.4, 0.5) is 0 Å². The first-order valence-corrected chi connectivity index (χ1v) is 7.05. The second kappa shape index (κ2) is 4.84. The van der Waals surface area contributed by atoms with Crippen molar-refractivity contribution >= 4 is 11.3 Å². The number of thiazole rings is 1. The molecule has 1 aromatic heterocycles. The van der Waals surface area contributed by atoms with Crippen molar-refractivity contribution in [3.8, 4) is 0 Å². The highest BCUT2D eigenvalue weighted by atomic mass is 32.1. The van der Waals surface area contributed by atoms with Gasteiger partial charge in [-0.3, -0.25) is 0 Å². The highest BCUT2D eigenvalue weighted by Crippen LogP contribution is 2.44. The van der Waals surface area contributed by atoms with Crippen molar-refractivity contribution in [1.82, 2.24) is 4.98 Å². The molecule has 0 amide bonds. The van der Waals surface area contributed by atoms with E-state index >= 15 is 0 Å². The molecule has 2 atom stereocenters. The molecule has 0 bridgehead atoms. The molecule has 90 valence electrons. The summed E-state index contributed by atoms with van der Waals surface area (Å²) in [5.41, 5.74) is -0.0780. The first kappa shape index (κ1) is 12.1. The molecular weight excluding hydrogens is 218 g/mol. The van der Waals surface area contributed by atoms with Crippen LogP contribution >= 0.6 is 11.3 Å². The second-order valence-electron chi connectivity index (χ2n) is 4.90. The van der Waals surface area contributed by atoms with Crippen LogP contribution in [-0.2, 0) is 10.3 Å². The van der Waals surface area contributed by atoms with E-state index in [-0.39, 0.29) is 5.60 Å². The number of hydrogen-bond acceptors (Lipinski definition) is 3. The summed E-state index contributed by atoms with van der Waals surface area (Å²) in [6, 6.07) is 0. The third kappa shape index (κ3) is 2.30. The third-order valence-corrected chi connectivity index (χ3v) is 4.49. The van der Waals surface area contributed by atoms with E-state index in [1.165, 1.54) is 22.7 Å². The molecule has 1 fully saturated rings. The van der Waals surface area contributed by atoms with Crippen LogP contribution < -0.4 is 0 Å². The summed E-state index contributed by atoms with van der Waals surface area (Å²) >= 11 is 1.80. The van der Waals surface area contributed by atoms with Crippen LogP contribution in [0.1, 0.15) is 49.4 Å². The van der Waals surface area contributed by atoms with Crippen molar-refractivity contribution < 1.29 is 4.74 Å². The molecule has 2 nitrogen and oxygen atoms in total. The second-order valence-corrected chi connectivity index (χ2v) is 6.14. The molecular formula is C13H21NOS. The lowest BCUT2D eigenvalue weighted by Crippen LogP contribution is -2.35. The van der Waals surface area contributed by atoms with Crippen LogP contribution in [0.3, 0.4) is 0 Å². The Bertz CT molecular complexity index is 345. The summed E-state index contributed by atoms with van der Waals surface area (Å²) < 4.78 is 6.09. The Morgan fingerprint density at radius 1 is 1.62 bits per heavy atom. The minimum atomic E-state index is -0.0780. The molecule has 0 spiro atoms. The van der Waals surface area contributed by atoms with Crippen LogP contribution in [0.25, 0.3) is 0 Å². The molecule has 1 aliphatic carbocycles. The monoisotopic (exact) mass is 239 g/mol. The first-order chi connectivity index (χ1) is 7.66. The molecule has 1 saturated carbocycles. The first-order valence-electron chi connectivity index (χ1n) is 6.23. The van der Waals surface area contributed by atoms with E-state index in [4.69, 9.17) is 4.74 Å². The van der Waals surface area contributed by atoms with Crippen molar-refractivity contribution in [2.45, 2.75) is 52.1 Å². The zero-order valence-corrected chi connectivity index (χ0v) is 11.3. The van der Waals surface area contributed by atoms with E-state index < -0.39 is 0 Å². The maximum absolute atomic E-state index is 6.09. The van der Waals surface area contributed by atoms with Crippen molar-refractivity contribution in [2.75, 3.05) is 6.61 Å². The Labute approximate surface area is 102 Å². The lowest BCUT2D eigenvalue weighted by molar-refractivity contribution is -0.0820. The largest absolute Gasteiger partial charge is 0.368 e. The number of nitrogens with zero attached hydrogens (tertiary/aromatic N) is 1. The van der Waals surface area contributed by atoms with Gasteiger partial charge in [0, 0.05) is 17.7 Å². The maximum atomic E-state index is 6.09. The van der Waals surface area contributed by atoms with E-state index in [2.05, 4.69) is 25.8 Å². The number of aryl methyl sites for hydroxylation is 1. The highest BCUT2D eigenvalue weighted by molar-refractivity contribution is 7.11. The quantitative estimate of drug-likeness (QED) is 0.798. The average molecular weight is 239 g/mol. The standard InChI is InChI=1S/C13H21NOS/c1-4-15-13(7-5-6-10(2)8-13)12-14-9-11(3)16-12/h9-10H,4-8H2,1-3H3. The van der Waals surface area contributed by atoms with Gasteiger partial charge in [-0.05, 0) is 39.0 Å². The molecule has 1 aliphatic rings. The van der Waals surface area contributed by atoms with Crippen LogP contribution in [0.15, 0.2) is 6.20 Å². The van der Waals surface area contributed by atoms with Crippen molar-refractivity contribution in [1.29, 1.82) is 0 Å². The summed E-state index contributed by atoms with van der Waals surface area (Å²) in [7, 11) is 0. The fourth-order valence-electron chi connectivity index (χ4n) is 2.73. The fourth-order valence-corrected chi connectivity index (χ4v) is 3.68. The third-order valence-electron chi connectivity index (χ3n) is 3.39. The number of aromatic nitrogens is 1. The van der Waals surface area contributed by atoms with Crippen LogP contribution in [0.5, 0.6) is 0 Å². The van der Waals surface area contributed by atoms with E-state index in [0.717, 1.165) is 25.4 Å². The van der Waals surface area contributed by atoms with Gasteiger partial charge >= 0.3 is 0 Å². The summed E-state index contributed by atoms with van der Waals surface area (Å²) in [5.74, 6) is 0.754. The van der Waals surface area contributed by atoms with Gasteiger partial charge in [0.2, 0.25) is 0 Å². The minimum absolute atomic E-state index is 0.0780. The molecule has 0 aromatic carbocycles. The van der Waals surface area contributed by atoms with Gasteiger partial charge in [-0.15, -0.1) is 11.3 Å². The minimum Gasteiger partial charge on any atom is -0.368 e. The van der Waals surface area contributed by atoms with Crippen LogP contribution in [-0.4, -0.2) is 11.6 Å². The van der Waals surface area contributed by atoms with E-state index in [1.54, 1.807) is 11.3 Å². The molecule has 1 heterocycles. The Morgan fingerprint density at radius 2 is 2.44 bits per heavy atom. The molecule has 0 N–H and O–H groups in total. The number of hydrogen-bond donors (Lipinski definition) is 0. The maximum Gasteiger partial charge on any atom is 0.125 e.